The number of nitrogens with one attached hydrogen (secondary N) is 1. The molecule has 0 aromatic heterocycles. The van der Waals surface area contributed by atoms with Gasteiger partial charge in [0.05, 0.1) is 12.3 Å². The van der Waals surface area contributed by atoms with Crippen LogP contribution in [-0.2, 0) is 0 Å². The normalized spacial score (nSPS) is 10.5. The Morgan fingerprint density at radius 2 is 1.87 bits per heavy atom. The fourth-order valence-corrected chi connectivity index (χ4v) is 1.86. The van der Waals surface area contributed by atoms with Gasteiger partial charge < -0.3 is 14.8 Å². The van der Waals surface area contributed by atoms with Crippen LogP contribution in [0.25, 0.3) is 0 Å². The Balaban J connectivity index is 2.12. The maximum Gasteiger partial charge on any atom is 0.387 e. The summed E-state index contributed by atoms with van der Waals surface area (Å²) in [7, 11) is 0. The molecule has 0 aliphatic carbocycles. The van der Waals surface area contributed by atoms with E-state index in [-0.39, 0.29) is 17.1 Å². The molecule has 2 aromatic rings. The Hall–Kier alpha value is -2.70. The smallest absolute Gasteiger partial charge is 0.387 e. The van der Waals surface area contributed by atoms with Crippen molar-refractivity contribution in [3.63, 3.8) is 0 Å². The molecule has 1 amide bonds. The number of rotatable bonds is 6. The van der Waals surface area contributed by atoms with Crippen LogP contribution in [0.1, 0.15) is 17.3 Å². The molecule has 0 aliphatic rings. The lowest BCUT2D eigenvalue weighted by Crippen LogP contribution is -2.13. The predicted octanol–water partition coefficient (Wildman–Crippen LogP) is 4.08. The topological polar surface area (TPSA) is 47.6 Å². The van der Waals surface area contributed by atoms with Crippen LogP contribution in [0.2, 0.25) is 0 Å². The van der Waals surface area contributed by atoms with Crippen molar-refractivity contribution in [3.8, 4) is 11.5 Å². The number of ether oxygens (including phenoxy) is 2. The van der Waals surface area contributed by atoms with Crippen LogP contribution in [0.15, 0.2) is 42.5 Å². The molecule has 0 radical (unpaired) electrons. The minimum Gasteiger partial charge on any atom is -0.492 e. The van der Waals surface area contributed by atoms with Crippen LogP contribution >= 0.6 is 0 Å². The first-order valence-corrected chi connectivity index (χ1v) is 6.78. The summed E-state index contributed by atoms with van der Waals surface area (Å²) >= 11 is 0. The van der Waals surface area contributed by atoms with Crippen molar-refractivity contribution >= 4 is 11.6 Å². The van der Waals surface area contributed by atoms with Gasteiger partial charge in [-0.1, -0.05) is 0 Å². The first-order valence-electron chi connectivity index (χ1n) is 6.78. The number of anilines is 1. The SMILES string of the molecule is CCOc1cc(F)ccc1NC(=O)c1ccc(OC(F)F)cc1. The van der Waals surface area contributed by atoms with E-state index in [0.717, 1.165) is 0 Å². The molecule has 122 valence electrons. The highest BCUT2D eigenvalue weighted by molar-refractivity contribution is 6.05. The van der Waals surface area contributed by atoms with Crippen LogP contribution in [0.5, 0.6) is 11.5 Å². The number of amides is 1. The molecule has 0 heterocycles. The standard InChI is InChI=1S/C16H14F3NO3/c1-2-22-14-9-11(17)5-8-13(14)20-15(21)10-3-6-12(7-4-10)23-16(18)19/h3-9,16H,2H2,1H3,(H,20,21). The average molecular weight is 325 g/mol. The average Bonchev–Trinajstić information content (AvgIpc) is 2.50. The first-order chi connectivity index (χ1) is 11.0. The summed E-state index contributed by atoms with van der Waals surface area (Å²) < 4.78 is 46.8. The fourth-order valence-electron chi connectivity index (χ4n) is 1.86. The fraction of sp³-hybridized carbons (Fsp3) is 0.188. The summed E-state index contributed by atoms with van der Waals surface area (Å²) in [6.45, 7) is -0.882. The Bertz CT molecular complexity index is 675. The Labute approximate surface area is 130 Å². The van der Waals surface area contributed by atoms with Crippen LogP contribution in [0, 0.1) is 5.82 Å². The van der Waals surface area contributed by atoms with Crippen molar-refractivity contribution in [2.24, 2.45) is 0 Å². The van der Waals surface area contributed by atoms with Crippen molar-refractivity contribution in [2.75, 3.05) is 11.9 Å². The number of carbonyl (C=O) groups is 1. The van der Waals surface area contributed by atoms with E-state index in [4.69, 9.17) is 4.74 Å². The lowest BCUT2D eigenvalue weighted by atomic mass is 10.2. The summed E-state index contributed by atoms with van der Waals surface area (Å²) in [5.74, 6) is -0.812. The van der Waals surface area contributed by atoms with Gasteiger partial charge in [-0.3, -0.25) is 4.79 Å². The molecule has 2 rings (SSSR count). The number of alkyl halides is 2. The van der Waals surface area contributed by atoms with Gasteiger partial charge in [-0.05, 0) is 43.3 Å². The minimum atomic E-state index is -2.93. The van der Waals surface area contributed by atoms with Gasteiger partial charge in [-0.15, -0.1) is 0 Å². The first kappa shape index (κ1) is 16.7. The summed E-state index contributed by atoms with van der Waals surface area (Å²) in [6.07, 6.45) is 0. The molecule has 23 heavy (non-hydrogen) atoms. The zero-order valence-electron chi connectivity index (χ0n) is 12.2. The van der Waals surface area contributed by atoms with Crippen molar-refractivity contribution in [2.45, 2.75) is 13.5 Å². The van der Waals surface area contributed by atoms with Gasteiger partial charge in [0.2, 0.25) is 0 Å². The molecule has 7 heteroatoms. The number of hydrogen-bond acceptors (Lipinski definition) is 3. The molecule has 0 fully saturated rings. The number of carbonyl (C=O) groups excluding carboxylic acids is 1. The molecule has 0 atom stereocenters. The van der Waals surface area contributed by atoms with Gasteiger partial charge in [0, 0.05) is 11.6 Å². The molecule has 0 bridgehead atoms. The van der Waals surface area contributed by atoms with E-state index in [1.807, 2.05) is 0 Å². The third kappa shape index (κ3) is 4.64. The number of halogens is 3. The van der Waals surface area contributed by atoms with Gasteiger partial charge in [-0.25, -0.2) is 4.39 Å². The zero-order valence-corrected chi connectivity index (χ0v) is 12.2. The number of benzene rings is 2. The molecular formula is C16H14F3NO3. The molecular weight excluding hydrogens is 311 g/mol. The van der Waals surface area contributed by atoms with E-state index in [1.54, 1.807) is 6.92 Å². The lowest BCUT2D eigenvalue weighted by molar-refractivity contribution is -0.0498. The van der Waals surface area contributed by atoms with Crippen LogP contribution in [0.4, 0.5) is 18.9 Å². The third-order valence-corrected chi connectivity index (χ3v) is 2.83. The second-order valence-corrected chi connectivity index (χ2v) is 4.43. The van der Waals surface area contributed by atoms with E-state index in [0.29, 0.717) is 12.3 Å². The van der Waals surface area contributed by atoms with Gasteiger partial charge in [0.15, 0.2) is 0 Å². The van der Waals surface area contributed by atoms with E-state index in [9.17, 15) is 18.0 Å². The molecule has 0 spiro atoms. The highest BCUT2D eigenvalue weighted by atomic mass is 19.3. The summed E-state index contributed by atoms with van der Waals surface area (Å²) in [6, 6.07) is 8.95. The lowest BCUT2D eigenvalue weighted by Gasteiger charge is -2.12. The predicted molar refractivity (Wildman–Crippen MR) is 78.6 cm³/mol. The molecule has 2 aromatic carbocycles. The van der Waals surface area contributed by atoms with E-state index in [2.05, 4.69) is 10.1 Å². The summed E-state index contributed by atoms with van der Waals surface area (Å²) in [4.78, 5) is 12.1. The van der Waals surface area contributed by atoms with Crippen molar-refractivity contribution in [1.82, 2.24) is 0 Å². The Morgan fingerprint density at radius 3 is 2.48 bits per heavy atom. The summed E-state index contributed by atoms with van der Waals surface area (Å²) in [5, 5.41) is 2.58. The zero-order chi connectivity index (χ0) is 16.8. The largest absolute Gasteiger partial charge is 0.492 e. The highest BCUT2D eigenvalue weighted by Crippen LogP contribution is 2.26. The van der Waals surface area contributed by atoms with Crippen molar-refractivity contribution < 1.29 is 27.4 Å². The van der Waals surface area contributed by atoms with Gasteiger partial charge >= 0.3 is 6.61 Å². The van der Waals surface area contributed by atoms with E-state index < -0.39 is 18.3 Å². The van der Waals surface area contributed by atoms with Crippen LogP contribution in [0.3, 0.4) is 0 Å². The van der Waals surface area contributed by atoms with E-state index in [1.165, 1.54) is 42.5 Å². The molecule has 0 aliphatic heterocycles. The van der Waals surface area contributed by atoms with Crippen LogP contribution in [-0.4, -0.2) is 19.1 Å². The van der Waals surface area contributed by atoms with Gasteiger partial charge in [-0.2, -0.15) is 8.78 Å². The van der Waals surface area contributed by atoms with Gasteiger partial charge in [0.1, 0.15) is 17.3 Å². The third-order valence-electron chi connectivity index (χ3n) is 2.83. The minimum absolute atomic E-state index is 0.0478. The summed E-state index contributed by atoms with van der Waals surface area (Å²) in [5.41, 5.74) is 0.546. The Kier molecular flexibility index (Phi) is 5.46. The number of hydrogen-bond donors (Lipinski definition) is 1. The maximum absolute atomic E-state index is 13.2. The Morgan fingerprint density at radius 1 is 1.17 bits per heavy atom. The maximum atomic E-state index is 13.2. The second kappa shape index (κ2) is 7.53. The molecule has 0 unspecified atom stereocenters. The van der Waals surface area contributed by atoms with Crippen molar-refractivity contribution in [3.05, 3.63) is 53.8 Å². The molecule has 4 nitrogen and oxygen atoms in total. The second-order valence-electron chi connectivity index (χ2n) is 4.43. The van der Waals surface area contributed by atoms with Crippen molar-refractivity contribution in [1.29, 1.82) is 0 Å². The van der Waals surface area contributed by atoms with Crippen LogP contribution < -0.4 is 14.8 Å². The monoisotopic (exact) mass is 325 g/mol. The van der Waals surface area contributed by atoms with E-state index >= 15 is 0 Å². The molecule has 0 saturated heterocycles. The molecule has 1 N–H and O–H groups in total. The highest BCUT2D eigenvalue weighted by Gasteiger charge is 2.12. The van der Waals surface area contributed by atoms with Gasteiger partial charge in [0.25, 0.3) is 5.91 Å². The molecule has 0 saturated carbocycles. The quantitative estimate of drug-likeness (QED) is 0.870.